The Balaban J connectivity index is 2.39. The van der Waals surface area contributed by atoms with Crippen molar-refractivity contribution in [1.82, 2.24) is 10.7 Å². The monoisotopic (exact) mass is 253 g/mol. The molecule has 0 saturated heterocycles. The molecule has 0 saturated carbocycles. The van der Waals surface area contributed by atoms with Crippen LogP contribution in [0.3, 0.4) is 0 Å². The molecule has 0 fully saturated rings. The largest absolute Gasteiger partial charge is 0.445 e. The van der Waals surface area contributed by atoms with Gasteiger partial charge in [-0.05, 0) is 5.56 Å². The zero-order chi connectivity index (χ0) is 13.4. The average Bonchev–Trinajstić information content (AvgIpc) is 2.42. The van der Waals surface area contributed by atoms with Crippen LogP contribution in [0.5, 0.6) is 0 Å². The number of rotatable bonds is 5. The first kappa shape index (κ1) is 13.9. The lowest BCUT2D eigenvalue weighted by Crippen LogP contribution is -2.50. The molecule has 0 spiro atoms. The second-order valence-corrected chi connectivity index (χ2v) is 3.45. The van der Waals surface area contributed by atoms with Crippen LogP contribution in [0, 0.1) is 0 Å². The van der Waals surface area contributed by atoms with Gasteiger partial charge >= 0.3 is 6.09 Å². The quantitative estimate of drug-likeness (QED) is 0.313. The van der Waals surface area contributed by atoms with Crippen LogP contribution < -0.4 is 16.6 Å². The molecule has 98 valence electrons. The molecule has 0 unspecified atom stereocenters. The molecule has 0 aromatic heterocycles. The second kappa shape index (κ2) is 7.25. The molecule has 7 nitrogen and oxygen atoms in total. The Morgan fingerprint density at radius 1 is 1.33 bits per heavy atom. The molecule has 0 aliphatic heterocycles. The fourth-order valence-electron chi connectivity index (χ4n) is 1.20. The van der Waals surface area contributed by atoms with E-state index in [0.29, 0.717) is 0 Å². The predicted octanol–water partition coefficient (Wildman–Crippen LogP) is -0.736. The fourth-order valence-corrected chi connectivity index (χ4v) is 1.20. The average molecular weight is 253 g/mol. The van der Waals surface area contributed by atoms with E-state index in [-0.39, 0.29) is 6.61 Å². The van der Waals surface area contributed by atoms with Gasteiger partial charge in [0.25, 0.3) is 5.91 Å². The normalized spacial score (nSPS) is 11.4. The van der Waals surface area contributed by atoms with E-state index >= 15 is 0 Å². The maximum Gasteiger partial charge on any atom is 0.408 e. The fraction of sp³-hybridized carbons (Fsp3) is 0.273. The number of hydrazine groups is 1. The van der Waals surface area contributed by atoms with E-state index in [1.54, 1.807) is 12.1 Å². The number of hydrogen-bond acceptors (Lipinski definition) is 5. The van der Waals surface area contributed by atoms with Crippen LogP contribution in [-0.4, -0.2) is 29.8 Å². The third kappa shape index (κ3) is 4.40. The van der Waals surface area contributed by atoms with Gasteiger partial charge in [0, 0.05) is 0 Å². The lowest BCUT2D eigenvalue weighted by molar-refractivity contribution is -0.124. The number of ether oxygens (including phenoxy) is 1. The van der Waals surface area contributed by atoms with Crippen LogP contribution in [0.2, 0.25) is 0 Å². The lowest BCUT2D eigenvalue weighted by Gasteiger charge is -2.14. The maximum atomic E-state index is 11.3. The summed E-state index contributed by atoms with van der Waals surface area (Å²) in [6, 6.07) is 7.94. The van der Waals surface area contributed by atoms with Crippen LogP contribution in [-0.2, 0) is 16.1 Å². The second-order valence-electron chi connectivity index (χ2n) is 3.45. The van der Waals surface area contributed by atoms with E-state index in [1.807, 2.05) is 23.6 Å². The molecule has 0 aliphatic carbocycles. The number of hydrogen-bond donors (Lipinski definition) is 4. The third-order valence-corrected chi connectivity index (χ3v) is 2.15. The Kier molecular flexibility index (Phi) is 5.62. The third-order valence-electron chi connectivity index (χ3n) is 2.15. The zero-order valence-corrected chi connectivity index (χ0v) is 9.63. The molecular formula is C11H15N3O4. The summed E-state index contributed by atoms with van der Waals surface area (Å²) in [6.07, 6.45) is -0.804. The van der Waals surface area contributed by atoms with Crippen molar-refractivity contribution in [1.29, 1.82) is 0 Å². The van der Waals surface area contributed by atoms with Crippen molar-refractivity contribution in [3.63, 3.8) is 0 Å². The summed E-state index contributed by atoms with van der Waals surface area (Å²) < 4.78 is 4.87. The number of aliphatic hydroxyl groups is 1. The zero-order valence-electron chi connectivity index (χ0n) is 9.63. The molecule has 1 atom stereocenters. The van der Waals surface area contributed by atoms with E-state index in [2.05, 4.69) is 5.32 Å². The number of nitrogens with one attached hydrogen (secondary N) is 2. The highest BCUT2D eigenvalue weighted by atomic mass is 16.5. The highest BCUT2D eigenvalue weighted by Crippen LogP contribution is 2.00. The number of benzene rings is 1. The van der Waals surface area contributed by atoms with Crippen LogP contribution in [0.15, 0.2) is 30.3 Å². The molecule has 18 heavy (non-hydrogen) atoms. The van der Waals surface area contributed by atoms with Gasteiger partial charge in [0.2, 0.25) is 0 Å². The number of aliphatic hydroxyl groups excluding tert-OH is 1. The number of carbonyl (C=O) groups excluding carboxylic acids is 2. The molecule has 0 heterocycles. The minimum absolute atomic E-state index is 0.0784. The minimum Gasteiger partial charge on any atom is -0.445 e. The van der Waals surface area contributed by atoms with Gasteiger partial charge < -0.3 is 15.2 Å². The molecule has 7 heteroatoms. The van der Waals surface area contributed by atoms with E-state index in [4.69, 9.17) is 15.7 Å². The smallest absolute Gasteiger partial charge is 0.408 e. The summed E-state index contributed by atoms with van der Waals surface area (Å²) in [5.74, 6) is 4.19. The van der Waals surface area contributed by atoms with E-state index in [0.717, 1.165) is 5.56 Å². The summed E-state index contributed by atoms with van der Waals surface area (Å²) in [6.45, 7) is -0.488. The van der Waals surface area contributed by atoms with E-state index < -0.39 is 24.6 Å². The summed E-state index contributed by atoms with van der Waals surface area (Å²) in [7, 11) is 0. The number of amides is 2. The van der Waals surface area contributed by atoms with Crippen molar-refractivity contribution in [3.05, 3.63) is 35.9 Å². The first-order valence-electron chi connectivity index (χ1n) is 5.26. The summed E-state index contributed by atoms with van der Waals surface area (Å²) in [5.41, 5.74) is 2.64. The highest BCUT2D eigenvalue weighted by Gasteiger charge is 2.19. The summed E-state index contributed by atoms with van der Waals surface area (Å²) >= 11 is 0. The minimum atomic E-state index is -1.13. The molecule has 5 N–H and O–H groups in total. The van der Waals surface area contributed by atoms with Crippen molar-refractivity contribution in [2.45, 2.75) is 12.6 Å². The first-order chi connectivity index (χ1) is 8.67. The topological polar surface area (TPSA) is 114 Å². The molecule has 1 aromatic rings. The molecule has 1 aromatic carbocycles. The Hall–Kier alpha value is -2.12. The summed E-state index contributed by atoms with van der Waals surface area (Å²) in [5, 5.41) is 11.1. The van der Waals surface area contributed by atoms with Gasteiger partial charge in [0.1, 0.15) is 12.6 Å². The van der Waals surface area contributed by atoms with Crippen molar-refractivity contribution in [2.24, 2.45) is 5.84 Å². The first-order valence-corrected chi connectivity index (χ1v) is 5.26. The molecule has 0 radical (unpaired) electrons. The SMILES string of the molecule is NNC(=O)[C@H](CO)NC(=O)OCc1ccccc1. The summed E-state index contributed by atoms with van der Waals surface area (Å²) in [4.78, 5) is 22.4. The van der Waals surface area contributed by atoms with Gasteiger partial charge in [-0.25, -0.2) is 10.6 Å². The molecule has 0 aliphatic rings. The Morgan fingerprint density at radius 2 is 2.00 bits per heavy atom. The molecular weight excluding hydrogens is 238 g/mol. The van der Waals surface area contributed by atoms with Crippen molar-refractivity contribution >= 4 is 12.0 Å². The Morgan fingerprint density at radius 3 is 2.56 bits per heavy atom. The van der Waals surface area contributed by atoms with E-state index in [1.165, 1.54) is 0 Å². The Labute approximate surface area is 104 Å². The van der Waals surface area contributed by atoms with Gasteiger partial charge in [-0.3, -0.25) is 10.2 Å². The molecule has 1 rings (SSSR count). The van der Waals surface area contributed by atoms with Crippen LogP contribution >= 0.6 is 0 Å². The van der Waals surface area contributed by atoms with Gasteiger partial charge in [-0.2, -0.15) is 0 Å². The predicted molar refractivity (Wildman–Crippen MR) is 63.0 cm³/mol. The molecule has 0 bridgehead atoms. The van der Waals surface area contributed by atoms with Gasteiger partial charge in [-0.15, -0.1) is 0 Å². The van der Waals surface area contributed by atoms with Crippen LogP contribution in [0.4, 0.5) is 4.79 Å². The van der Waals surface area contributed by atoms with Gasteiger partial charge in [0.15, 0.2) is 0 Å². The maximum absolute atomic E-state index is 11.3. The highest BCUT2D eigenvalue weighted by molar-refractivity contribution is 5.85. The number of nitrogens with two attached hydrogens (primary N) is 1. The van der Waals surface area contributed by atoms with Gasteiger partial charge in [-0.1, -0.05) is 30.3 Å². The Bertz CT molecular complexity index is 397. The standard InChI is InChI=1S/C11H15N3O4/c12-14-10(16)9(6-15)13-11(17)18-7-8-4-2-1-3-5-8/h1-5,9,15H,6-7,12H2,(H,13,17)(H,14,16)/t9-/m0/s1. The molecule has 2 amide bonds. The number of carbonyl (C=O) groups is 2. The van der Waals surface area contributed by atoms with E-state index in [9.17, 15) is 9.59 Å². The van der Waals surface area contributed by atoms with Crippen molar-refractivity contribution in [2.75, 3.05) is 6.61 Å². The lowest BCUT2D eigenvalue weighted by atomic mass is 10.2. The van der Waals surface area contributed by atoms with Crippen molar-refractivity contribution in [3.8, 4) is 0 Å². The van der Waals surface area contributed by atoms with Crippen LogP contribution in [0.25, 0.3) is 0 Å². The number of alkyl carbamates (subject to hydrolysis) is 1. The van der Waals surface area contributed by atoms with Gasteiger partial charge in [0.05, 0.1) is 6.61 Å². The van der Waals surface area contributed by atoms with Crippen LogP contribution in [0.1, 0.15) is 5.56 Å². The van der Waals surface area contributed by atoms with Crippen molar-refractivity contribution < 1.29 is 19.4 Å².